The Balaban J connectivity index is 1.19. The number of aromatic nitrogens is 3. The van der Waals surface area contributed by atoms with Crippen molar-refractivity contribution in [3.8, 4) is 45.3 Å². The van der Waals surface area contributed by atoms with Gasteiger partial charge in [-0.1, -0.05) is 91.0 Å². The normalized spacial score (nSPS) is 11.6. The number of furan rings is 1. The average Bonchev–Trinajstić information content (AvgIpc) is 3.66. The SMILES string of the molecule is c1ccc(-c2nc(-c3ccccc3)nc(-c3ccc4sc5ccc(-c6ccc7oc8ccccc8c7c6)cc5c4c3)n2)cc1. The van der Waals surface area contributed by atoms with Gasteiger partial charge in [-0.05, 0) is 59.7 Å². The molecule has 3 heterocycles. The molecule has 5 heteroatoms. The molecule has 0 atom stereocenters. The van der Waals surface area contributed by atoms with Crippen LogP contribution in [0.5, 0.6) is 0 Å². The minimum Gasteiger partial charge on any atom is -0.456 e. The molecule has 44 heavy (non-hydrogen) atoms. The lowest BCUT2D eigenvalue weighted by Gasteiger charge is -2.08. The lowest BCUT2D eigenvalue weighted by Crippen LogP contribution is -2.00. The van der Waals surface area contributed by atoms with Crippen LogP contribution >= 0.6 is 11.3 Å². The molecule has 9 rings (SSSR count). The van der Waals surface area contributed by atoms with Crippen molar-refractivity contribution >= 4 is 53.4 Å². The molecule has 0 aliphatic carbocycles. The van der Waals surface area contributed by atoms with Crippen LogP contribution in [0.25, 0.3) is 87.4 Å². The van der Waals surface area contributed by atoms with Gasteiger partial charge >= 0.3 is 0 Å². The third-order valence-electron chi connectivity index (χ3n) is 8.14. The van der Waals surface area contributed by atoms with Crippen LogP contribution in [-0.4, -0.2) is 15.0 Å². The zero-order chi connectivity index (χ0) is 29.0. The summed E-state index contributed by atoms with van der Waals surface area (Å²) in [6, 6.07) is 48.1. The summed E-state index contributed by atoms with van der Waals surface area (Å²) in [7, 11) is 0. The average molecular weight is 582 g/mol. The van der Waals surface area contributed by atoms with Gasteiger partial charge in [0.15, 0.2) is 17.5 Å². The van der Waals surface area contributed by atoms with E-state index in [1.165, 1.54) is 31.3 Å². The van der Waals surface area contributed by atoms with Crippen molar-refractivity contribution in [2.75, 3.05) is 0 Å². The Morgan fingerprint density at radius 2 is 0.841 bits per heavy atom. The number of hydrogen-bond acceptors (Lipinski definition) is 5. The summed E-state index contributed by atoms with van der Waals surface area (Å²) in [5, 5.41) is 4.69. The maximum absolute atomic E-state index is 6.07. The van der Waals surface area contributed by atoms with Crippen molar-refractivity contribution in [1.29, 1.82) is 0 Å². The largest absolute Gasteiger partial charge is 0.456 e. The minimum atomic E-state index is 0.660. The third-order valence-corrected chi connectivity index (χ3v) is 9.29. The van der Waals surface area contributed by atoms with Crippen molar-refractivity contribution in [3.63, 3.8) is 0 Å². The van der Waals surface area contributed by atoms with E-state index in [2.05, 4.69) is 66.7 Å². The first-order valence-electron chi connectivity index (χ1n) is 14.5. The fourth-order valence-corrected chi connectivity index (χ4v) is 7.01. The smallest absolute Gasteiger partial charge is 0.164 e. The topological polar surface area (TPSA) is 51.8 Å². The molecule has 0 spiro atoms. The third kappa shape index (κ3) is 4.17. The second-order valence-electron chi connectivity index (χ2n) is 10.9. The highest BCUT2D eigenvalue weighted by molar-refractivity contribution is 7.25. The lowest BCUT2D eigenvalue weighted by molar-refractivity contribution is 0.669. The van der Waals surface area contributed by atoms with Crippen molar-refractivity contribution in [2.24, 2.45) is 0 Å². The van der Waals surface area contributed by atoms with Gasteiger partial charge in [0.1, 0.15) is 11.2 Å². The van der Waals surface area contributed by atoms with Gasteiger partial charge in [0.05, 0.1) is 0 Å². The second kappa shape index (κ2) is 9.97. The van der Waals surface area contributed by atoms with Gasteiger partial charge in [-0.2, -0.15) is 0 Å². The lowest BCUT2D eigenvalue weighted by atomic mass is 10.0. The fraction of sp³-hybridized carbons (Fsp3) is 0. The highest BCUT2D eigenvalue weighted by Gasteiger charge is 2.15. The Kier molecular flexibility index (Phi) is 5.64. The zero-order valence-electron chi connectivity index (χ0n) is 23.4. The van der Waals surface area contributed by atoms with Crippen molar-refractivity contribution in [3.05, 3.63) is 140 Å². The summed E-state index contributed by atoms with van der Waals surface area (Å²) in [4.78, 5) is 14.8. The summed E-state index contributed by atoms with van der Waals surface area (Å²) < 4.78 is 8.56. The van der Waals surface area contributed by atoms with Crippen LogP contribution in [0.4, 0.5) is 0 Å². The Labute approximate surface area is 256 Å². The molecule has 0 aliphatic heterocycles. The number of fused-ring (bicyclic) bond motifs is 6. The van der Waals surface area contributed by atoms with E-state index in [1.807, 2.05) is 84.1 Å². The van der Waals surface area contributed by atoms with Gasteiger partial charge in [0.2, 0.25) is 0 Å². The monoisotopic (exact) mass is 581 g/mol. The Morgan fingerprint density at radius 1 is 0.364 bits per heavy atom. The van der Waals surface area contributed by atoms with Gasteiger partial charge in [0.25, 0.3) is 0 Å². The molecule has 0 radical (unpaired) electrons. The molecule has 0 bridgehead atoms. The first kappa shape index (κ1) is 24.9. The van der Waals surface area contributed by atoms with Gasteiger partial charge in [0, 0.05) is 47.6 Å². The summed E-state index contributed by atoms with van der Waals surface area (Å²) in [5.41, 5.74) is 7.04. The maximum atomic E-state index is 6.07. The van der Waals surface area contributed by atoms with E-state index in [1.54, 1.807) is 0 Å². The van der Waals surface area contributed by atoms with Gasteiger partial charge in [-0.25, -0.2) is 15.0 Å². The van der Waals surface area contributed by atoms with E-state index in [-0.39, 0.29) is 0 Å². The standard InChI is InChI=1S/C39H23N3OS/c1-3-9-24(10-4-1)37-40-38(25-11-5-2-6-12-25)42-39(41-37)28-17-20-36-32(23-28)31-22-27(16-19-35(31)44-36)26-15-18-34-30(21-26)29-13-7-8-14-33(29)43-34/h1-23H. The van der Waals surface area contributed by atoms with E-state index in [9.17, 15) is 0 Å². The van der Waals surface area contributed by atoms with Crippen LogP contribution in [0, 0.1) is 0 Å². The Hall–Kier alpha value is -5.65. The van der Waals surface area contributed by atoms with Crippen molar-refractivity contribution in [1.82, 2.24) is 15.0 Å². The first-order chi connectivity index (χ1) is 21.8. The number of benzene rings is 6. The number of rotatable bonds is 4. The number of hydrogen-bond donors (Lipinski definition) is 0. The van der Waals surface area contributed by atoms with Crippen molar-refractivity contribution in [2.45, 2.75) is 0 Å². The van der Waals surface area contributed by atoms with E-state index < -0.39 is 0 Å². The molecule has 0 saturated heterocycles. The van der Waals surface area contributed by atoms with E-state index in [4.69, 9.17) is 19.4 Å². The molecule has 0 N–H and O–H groups in total. The molecule has 0 amide bonds. The van der Waals surface area contributed by atoms with Crippen LogP contribution in [0.2, 0.25) is 0 Å². The number of para-hydroxylation sites is 1. The van der Waals surface area contributed by atoms with E-state index in [0.29, 0.717) is 17.5 Å². The molecule has 3 aromatic heterocycles. The Morgan fingerprint density at radius 3 is 1.50 bits per heavy atom. The summed E-state index contributed by atoms with van der Waals surface area (Å²) in [6.45, 7) is 0. The number of nitrogens with zero attached hydrogens (tertiary/aromatic N) is 3. The molecule has 9 aromatic rings. The van der Waals surface area contributed by atoms with Gasteiger partial charge in [-0.15, -0.1) is 11.3 Å². The van der Waals surface area contributed by atoms with E-state index >= 15 is 0 Å². The Bertz CT molecular complexity index is 2440. The molecular formula is C39H23N3OS. The first-order valence-corrected chi connectivity index (χ1v) is 15.3. The summed E-state index contributed by atoms with van der Waals surface area (Å²) in [6.07, 6.45) is 0. The predicted molar refractivity (Wildman–Crippen MR) is 182 cm³/mol. The highest BCUT2D eigenvalue weighted by atomic mass is 32.1. The number of thiophene rings is 1. The summed E-state index contributed by atoms with van der Waals surface area (Å²) >= 11 is 1.81. The maximum Gasteiger partial charge on any atom is 0.164 e. The van der Waals surface area contributed by atoms with Crippen LogP contribution in [-0.2, 0) is 0 Å². The highest BCUT2D eigenvalue weighted by Crippen LogP contribution is 2.39. The molecule has 0 aliphatic rings. The molecule has 4 nitrogen and oxygen atoms in total. The van der Waals surface area contributed by atoms with Gasteiger partial charge < -0.3 is 4.42 Å². The summed E-state index contributed by atoms with van der Waals surface area (Å²) in [5.74, 6) is 1.98. The quantitative estimate of drug-likeness (QED) is 0.207. The molecule has 0 unspecified atom stereocenters. The molecule has 0 fully saturated rings. The van der Waals surface area contributed by atoms with Crippen molar-refractivity contribution < 1.29 is 4.42 Å². The molecule has 206 valence electrons. The predicted octanol–water partition coefficient (Wildman–Crippen LogP) is 10.8. The minimum absolute atomic E-state index is 0.660. The fourth-order valence-electron chi connectivity index (χ4n) is 5.94. The molecular weight excluding hydrogens is 559 g/mol. The van der Waals surface area contributed by atoms with Crippen LogP contribution in [0.15, 0.2) is 144 Å². The van der Waals surface area contributed by atoms with Crippen LogP contribution in [0.1, 0.15) is 0 Å². The second-order valence-corrected chi connectivity index (χ2v) is 12.0. The molecule has 6 aromatic carbocycles. The van der Waals surface area contributed by atoms with Gasteiger partial charge in [-0.3, -0.25) is 0 Å². The van der Waals surface area contributed by atoms with Crippen LogP contribution < -0.4 is 0 Å². The van der Waals surface area contributed by atoms with E-state index in [0.717, 1.165) is 38.6 Å². The molecule has 0 saturated carbocycles. The zero-order valence-corrected chi connectivity index (χ0v) is 24.3. The van der Waals surface area contributed by atoms with Crippen LogP contribution in [0.3, 0.4) is 0 Å².